The maximum Gasteiger partial charge on any atom is 0.150 e. The Labute approximate surface area is 78.6 Å². The standard InChI is InChI=1S/C9H5ClOS/c10-8-5-12-9-2-1-6(4-11)3-7(8)9/h1-5H. The average Bonchev–Trinajstić information content (AvgIpc) is 2.47. The van der Waals surface area contributed by atoms with Gasteiger partial charge in [-0.1, -0.05) is 17.7 Å². The lowest BCUT2D eigenvalue weighted by Gasteiger charge is -1.91. The van der Waals surface area contributed by atoms with Crippen LogP contribution in [-0.4, -0.2) is 6.29 Å². The largest absolute Gasteiger partial charge is 0.298 e. The van der Waals surface area contributed by atoms with Gasteiger partial charge in [0.2, 0.25) is 0 Å². The Hall–Kier alpha value is -0.860. The molecule has 1 aromatic heterocycles. The van der Waals surface area contributed by atoms with E-state index in [0.29, 0.717) is 5.56 Å². The second-order valence-electron chi connectivity index (χ2n) is 2.46. The molecule has 0 aliphatic carbocycles. The van der Waals surface area contributed by atoms with Crippen molar-refractivity contribution in [2.24, 2.45) is 0 Å². The first-order chi connectivity index (χ1) is 5.81. The Bertz CT molecular complexity index is 433. The molecule has 2 rings (SSSR count). The third-order valence-electron chi connectivity index (χ3n) is 1.69. The third kappa shape index (κ3) is 1.13. The van der Waals surface area contributed by atoms with Crippen molar-refractivity contribution < 1.29 is 4.79 Å². The zero-order valence-electron chi connectivity index (χ0n) is 6.08. The molecule has 0 unspecified atom stereocenters. The van der Waals surface area contributed by atoms with Crippen LogP contribution in [0.4, 0.5) is 0 Å². The lowest BCUT2D eigenvalue weighted by atomic mass is 10.2. The van der Waals surface area contributed by atoms with Crippen LogP contribution in [0.1, 0.15) is 10.4 Å². The number of halogens is 1. The van der Waals surface area contributed by atoms with E-state index >= 15 is 0 Å². The molecule has 0 aliphatic rings. The van der Waals surface area contributed by atoms with Crippen LogP contribution in [0.15, 0.2) is 23.6 Å². The molecule has 0 saturated carbocycles. The Morgan fingerprint density at radius 3 is 3.00 bits per heavy atom. The predicted molar refractivity (Wildman–Crippen MR) is 52.2 cm³/mol. The molecule has 0 fully saturated rings. The van der Waals surface area contributed by atoms with E-state index < -0.39 is 0 Å². The zero-order chi connectivity index (χ0) is 8.55. The number of benzene rings is 1. The van der Waals surface area contributed by atoms with Gasteiger partial charge in [0.15, 0.2) is 0 Å². The van der Waals surface area contributed by atoms with Crippen molar-refractivity contribution in [3.05, 3.63) is 34.2 Å². The summed E-state index contributed by atoms with van der Waals surface area (Å²) in [7, 11) is 0. The average molecular weight is 197 g/mol. The van der Waals surface area contributed by atoms with Gasteiger partial charge >= 0.3 is 0 Å². The Morgan fingerprint density at radius 1 is 1.42 bits per heavy atom. The number of thiophene rings is 1. The first-order valence-corrected chi connectivity index (χ1v) is 4.69. The van der Waals surface area contributed by atoms with Crippen molar-refractivity contribution in [1.82, 2.24) is 0 Å². The molecule has 0 radical (unpaired) electrons. The molecule has 60 valence electrons. The molecule has 0 saturated heterocycles. The van der Waals surface area contributed by atoms with Crippen molar-refractivity contribution in [2.75, 3.05) is 0 Å². The van der Waals surface area contributed by atoms with Crippen LogP contribution >= 0.6 is 22.9 Å². The highest BCUT2D eigenvalue weighted by Crippen LogP contribution is 2.29. The highest BCUT2D eigenvalue weighted by atomic mass is 35.5. The maximum absolute atomic E-state index is 10.4. The fraction of sp³-hybridized carbons (Fsp3) is 0. The first kappa shape index (κ1) is 7.77. The summed E-state index contributed by atoms with van der Waals surface area (Å²) >= 11 is 7.48. The summed E-state index contributed by atoms with van der Waals surface area (Å²) in [5, 5.41) is 3.56. The maximum atomic E-state index is 10.4. The summed E-state index contributed by atoms with van der Waals surface area (Å²) in [6.07, 6.45) is 0.827. The van der Waals surface area contributed by atoms with Crippen molar-refractivity contribution in [3.8, 4) is 0 Å². The zero-order valence-corrected chi connectivity index (χ0v) is 7.65. The molecular weight excluding hydrogens is 192 g/mol. The minimum atomic E-state index is 0.669. The van der Waals surface area contributed by atoms with Crippen molar-refractivity contribution in [1.29, 1.82) is 0 Å². The first-order valence-electron chi connectivity index (χ1n) is 3.43. The van der Waals surface area contributed by atoms with Gasteiger partial charge in [-0.25, -0.2) is 0 Å². The van der Waals surface area contributed by atoms with Gasteiger partial charge in [0.05, 0.1) is 5.02 Å². The molecule has 0 atom stereocenters. The monoisotopic (exact) mass is 196 g/mol. The molecule has 12 heavy (non-hydrogen) atoms. The molecule has 2 aromatic rings. The lowest BCUT2D eigenvalue weighted by molar-refractivity contribution is 0.112. The summed E-state index contributed by atoms with van der Waals surface area (Å²) in [6.45, 7) is 0. The van der Waals surface area contributed by atoms with Crippen LogP contribution < -0.4 is 0 Å². The molecule has 1 heterocycles. The van der Waals surface area contributed by atoms with Crippen molar-refractivity contribution in [2.45, 2.75) is 0 Å². The number of hydrogen-bond acceptors (Lipinski definition) is 2. The van der Waals surface area contributed by atoms with Crippen LogP contribution in [0.5, 0.6) is 0 Å². The van der Waals surface area contributed by atoms with Gasteiger partial charge in [-0.05, 0) is 12.1 Å². The van der Waals surface area contributed by atoms with E-state index in [9.17, 15) is 4.79 Å². The van der Waals surface area contributed by atoms with E-state index in [1.54, 1.807) is 23.5 Å². The summed E-state index contributed by atoms with van der Waals surface area (Å²) in [5.41, 5.74) is 0.669. The predicted octanol–water partition coefficient (Wildman–Crippen LogP) is 3.37. The summed E-state index contributed by atoms with van der Waals surface area (Å²) in [4.78, 5) is 10.4. The number of fused-ring (bicyclic) bond motifs is 1. The molecule has 1 nitrogen and oxygen atoms in total. The topological polar surface area (TPSA) is 17.1 Å². The lowest BCUT2D eigenvalue weighted by Crippen LogP contribution is -1.76. The van der Waals surface area contributed by atoms with Crippen LogP contribution in [0.25, 0.3) is 10.1 Å². The summed E-state index contributed by atoms with van der Waals surface area (Å²) < 4.78 is 1.12. The molecular formula is C9H5ClOS. The van der Waals surface area contributed by atoms with E-state index in [4.69, 9.17) is 11.6 Å². The molecule has 0 bridgehead atoms. The van der Waals surface area contributed by atoms with Crippen LogP contribution in [0.3, 0.4) is 0 Å². The second kappa shape index (κ2) is 2.88. The van der Waals surface area contributed by atoms with Crippen molar-refractivity contribution >= 4 is 39.3 Å². The van der Waals surface area contributed by atoms with E-state index in [1.807, 2.05) is 11.4 Å². The summed E-state index contributed by atoms with van der Waals surface area (Å²) in [6, 6.07) is 5.51. The smallest absolute Gasteiger partial charge is 0.150 e. The summed E-state index contributed by atoms with van der Waals surface area (Å²) in [5.74, 6) is 0. The van der Waals surface area contributed by atoms with E-state index in [-0.39, 0.29) is 0 Å². The van der Waals surface area contributed by atoms with Gasteiger partial charge in [0.1, 0.15) is 6.29 Å². The molecule has 0 N–H and O–H groups in total. The minimum absolute atomic E-state index is 0.669. The number of rotatable bonds is 1. The number of carbonyl (C=O) groups is 1. The molecule has 0 spiro atoms. The Morgan fingerprint density at radius 2 is 2.25 bits per heavy atom. The van der Waals surface area contributed by atoms with Crippen LogP contribution in [0, 0.1) is 0 Å². The third-order valence-corrected chi connectivity index (χ3v) is 3.09. The Kier molecular flexibility index (Phi) is 1.87. The second-order valence-corrected chi connectivity index (χ2v) is 3.78. The van der Waals surface area contributed by atoms with Gasteiger partial charge in [-0.3, -0.25) is 4.79 Å². The van der Waals surface area contributed by atoms with E-state index in [2.05, 4.69) is 0 Å². The molecule has 0 aliphatic heterocycles. The fourth-order valence-electron chi connectivity index (χ4n) is 1.09. The van der Waals surface area contributed by atoms with Gasteiger partial charge in [0, 0.05) is 21.0 Å². The minimum Gasteiger partial charge on any atom is -0.298 e. The number of hydrogen-bond donors (Lipinski definition) is 0. The quantitative estimate of drug-likeness (QED) is 0.640. The number of aldehydes is 1. The van der Waals surface area contributed by atoms with E-state index in [1.165, 1.54) is 0 Å². The van der Waals surface area contributed by atoms with Crippen LogP contribution in [0.2, 0.25) is 5.02 Å². The highest BCUT2D eigenvalue weighted by Gasteiger charge is 2.01. The number of carbonyl (C=O) groups excluding carboxylic acids is 1. The van der Waals surface area contributed by atoms with Gasteiger partial charge in [-0.15, -0.1) is 11.3 Å². The molecule has 1 aromatic carbocycles. The molecule has 0 amide bonds. The fourth-order valence-corrected chi connectivity index (χ4v) is 2.23. The molecule has 3 heteroatoms. The Balaban J connectivity index is 2.79. The van der Waals surface area contributed by atoms with Crippen LogP contribution in [-0.2, 0) is 0 Å². The normalized spacial score (nSPS) is 10.4. The van der Waals surface area contributed by atoms with Gasteiger partial charge < -0.3 is 0 Å². The SMILES string of the molecule is O=Cc1ccc2scc(Cl)c2c1. The van der Waals surface area contributed by atoms with E-state index in [0.717, 1.165) is 21.4 Å². The van der Waals surface area contributed by atoms with Gasteiger partial charge in [0.25, 0.3) is 0 Å². The highest BCUT2D eigenvalue weighted by molar-refractivity contribution is 7.17. The van der Waals surface area contributed by atoms with Gasteiger partial charge in [-0.2, -0.15) is 0 Å². The van der Waals surface area contributed by atoms with Crippen molar-refractivity contribution in [3.63, 3.8) is 0 Å².